The summed E-state index contributed by atoms with van der Waals surface area (Å²) in [5.41, 5.74) is 19.0. The summed E-state index contributed by atoms with van der Waals surface area (Å²) >= 11 is 1.89. The van der Waals surface area contributed by atoms with Crippen molar-refractivity contribution in [2.75, 3.05) is 0 Å². The number of benzene rings is 8. The monoisotopic (exact) mass is 705 g/mol. The van der Waals surface area contributed by atoms with Crippen LogP contribution in [0.2, 0.25) is 0 Å². The van der Waals surface area contributed by atoms with Crippen LogP contribution in [0, 0.1) is 6.92 Å². The van der Waals surface area contributed by atoms with E-state index in [1.165, 1.54) is 98.6 Å². The van der Waals surface area contributed by atoms with Crippen LogP contribution < -0.4 is 10.9 Å². The van der Waals surface area contributed by atoms with Crippen LogP contribution in [0.4, 0.5) is 0 Å². The zero-order valence-electron chi connectivity index (χ0n) is 30.0. The van der Waals surface area contributed by atoms with Crippen LogP contribution in [0.1, 0.15) is 5.56 Å². The van der Waals surface area contributed by atoms with E-state index in [-0.39, 0.29) is 0 Å². The Morgan fingerprint density at radius 1 is 0.426 bits per heavy atom. The van der Waals surface area contributed by atoms with Crippen molar-refractivity contribution in [1.29, 1.82) is 0 Å². The van der Waals surface area contributed by atoms with E-state index in [1.54, 1.807) is 0 Å². The van der Waals surface area contributed by atoms with Crippen molar-refractivity contribution < 1.29 is 0 Å². The summed E-state index contributed by atoms with van der Waals surface area (Å²) < 4.78 is 2.56. The third kappa shape index (κ3) is 5.69. The molecule has 0 saturated heterocycles. The van der Waals surface area contributed by atoms with Gasteiger partial charge < -0.3 is 4.57 Å². The van der Waals surface area contributed by atoms with E-state index in [2.05, 4.69) is 206 Å². The highest BCUT2D eigenvalue weighted by molar-refractivity contribution is 7.99. The van der Waals surface area contributed by atoms with Crippen LogP contribution in [0.3, 0.4) is 0 Å². The lowest BCUT2D eigenvalue weighted by Crippen LogP contribution is -2.37. The zero-order chi connectivity index (χ0) is 36.0. The highest BCUT2D eigenvalue weighted by atomic mass is 32.2. The van der Waals surface area contributed by atoms with Gasteiger partial charge in [-0.15, -0.1) is 0 Å². The normalized spacial score (nSPS) is 11.6. The van der Waals surface area contributed by atoms with Crippen LogP contribution in [0.15, 0.2) is 204 Å². The summed E-state index contributed by atoms with van der Waals surface area (Å²) in [6.07, 6.45) is 0. The molecule has 10 rings (SSSR count). The second kappa shape index (κ2) is 13.6. The predicted molar refractivity (Wildman–Crippen MR) is 232 cm³/mol. The third-order valence-corrected chi connectivity index (χ3v) is 12.1. The molecule has 0 bridgehead atoms. The van der Waals surface area contributed by atoms with E-state index in [4.69, 9.17) is 0 Å². The Balaban J connectivity index is 1.12. The first-order chi connectivity index (χ1) is 26.7. The first kappa shape index (κ1) is 32.4. The third-order valence-electron chi connectivity index (χ3n) is 10.8. The van der Waals surface area contributed by atoms with Crippen molar-refractivity contribution in [2.24, 2.45) is 0 Å². The number of para-hydroxylation sites is 1. The van der Waals surface area contributed by atoms with Crippen molar-refractivity contribution in [2.45, 2.75) is 16.7 Å². The van der Waals surface area contributed by atoms with Crippen LogP contribution >= 0.6 is 11.8 Å². The lowest BCUT2D eigenvalue weighted by atomic mass is 9.61. The fourth-order valence-corrected chi connectivity index (χ4v) is 9.24. The Morgan fingerprint density at radius 2 is 0.944 bits per heavy atom. The summed E-state index contributed by atoms with van der Waals surface area (Å²) in [5.74, 6) is 0. The number of aryl methyl sites for hydroxylation is 1. The largest absolute Gasteiger partial charge is 0.310 e. The quantitative estimate of drug-likeness (QED) is 0.149. The van der Waals surface area contributed by atoms with Crippen LogP contribution in [-0.4, -0.2) is 11.8 Å². The molecule has 0 saturated carbocycles. The maximum Gasteiger partial charge on any atom is 0.199 e. The Morgan fingerprint density at radius 3 is 1.61 bits per heavy atom. The number of aromatic nitrogens is 1. The highest BCUT2D eigenvalue weighted by Crippen LogP contribution is 2.45. The molecular formula is C51H36BNS. The molecule has 1 aliphatic heterocycles. The molecule has 9 aromatic rings. The molecule has 254 valence electrons. The molecule has 0 fully saturated rings. The van der Waals surface area contributed by atoms with Crippen molar-refractivity contribution >= 4 is 40.9 Å². The maximum absolute atomic E-state index is 2.56. The van der Waals surface area contributed by atoms with Crippen molar-refractivity contribution in [3.63, 3.8) is 0 Å². The average molecular weight is 706 g/mol. The van der Waals surface area contributed by atoms with Gasteiger partial charge in [0.15, 0.2) is 7.28 Å². The molecule has 0 aliphatic carbocycles. The minimum Gasteiger partial charge on any atom is -0.310 e. The molecule has 0 amide bonds. The first-order valence-corrected chi connectivity index (χ1v) is 19.5. The van der Waals surface area contributed by atoms with E-state index in [1.807, 2.05) is 11.8 Å². The lowest BCUT2D eigenvalue weighted by Gasteiger charge is -2.23. The van der Waals surface area contributed by atoms with Crippen LogP contribution in [0.5, 0.6) is 0 Å². The molecule has 8 aromatic carbocycles. The second-order valence-electron chi connectivity index (χ2n) is 14.1. The van der Waals surface area contributed by atoms with E-state index >= 15 is 0 Å². The molecule has 54 heavy (non-hydrogen) atoms. The molecule has 1 aliphatic rings. The Hall–Kier alpha value is -6.29. The van der Waals surface area contributed by atoms with Crippen molar-refractivity contribution in [3.8, 4) is 61.5 Å². The smallest absolute Gasteiger partial charge is 0.199 e. The van der Waals surface area contributed by atoms with Crippen LogP contribution in [-0.2, 0) is 0 Å². The molecule has 2 heterocycles. The van der Waals surface area contributed by atoms with E-state index in [0.717, 1.165) is 7.28 Å². The molecule has 0 unspecified atom stereocenters. The number of fused-ring (bicyclic) bond motifs is 2. The molecule has 3 heteroatoms. The minimum absolute atomic E-state index is 0.890. The fourth-order valence-electron chi connectivity index (χ4n) is 8.22. The molecule has 0 atom stereocenters. The number of nitrogens with zero attached hydrogens (tertiary/aromatic N) is 1. The van der Waals surface area contributed by atoms with E-state index in [9.17, 15) is 0 Å². The molecule has 0 spiro atoms. The second-order valence-corrected chi connectivity index (χ2v) is 15.2. The van der Waals surface area contributed by atoms with Crippen LogP contribution in [0.25, 0.3) is 72.4 Å². The van der Waals surface area contributed by atoms with Gasteiger partial charge in [-0.25, -0.2) is 0 Å². The predicted octanol–water partition coefficient (Wildman–Crippen LogP) is 12.1. The van der Waals surface area contributed by atoms with Crippen molar-refractivity contribution in [1.82, 2.24) is 4.57 Å². The molecule has 0 radical (unpaired) electrons. The summed E-state index contributed by atoms with van der Waals surface area (Å²) in [7, 11) is 0.890. The number of rotatable bonds is 7. The van der Waals surface area contributed by atoms with Gasteiger partial charge in [0.25, 0.3) is 0 Å². The average Bonchev–Trinajstić information content (AvgIpc) is 3.60. The van der Waals surface area contributed by atoms with Gasteiger partial charge in [-0.2, -0.15) is 0 Å². The number of hydrogen-bond acceptors (Lipinski definition) is 1. The van der Waals surface area contributed by atoms with Gasteiger partial charge in [0.2, 0.25) is 0 Å². The molecule has 1 nitrogen and oxygen atoms in total. The van der Waals surface area contributed by atoms with Gasteiger partial charge in [-0.3, -0.25) is 0 Å². The lowest BCUT2D eigenvalue weighted by molar-refractivity contribution is 1.14. The van der Waals surface area contributed by atoms with Gasteiger partial charge in [0.1, 0.15) is 0 Å². The Labute approximate surface area is 321 Å². The Kier molecular flexibility index (Phi) is 8.16. The topological polar surface area (TPSA) is 4.93 Å². The Bertz CT molecular complexity index is 2820. The highest BCUT2D eigenvalue weighted by Gasteiger charge is 2.29. The minimum atomic E-state index is 0.890. The van der Waals surface area contributed by atoms with Gasteiger partial charge >= 0.3 is 0 Å². The van der Waals surface area contributed by atoms with E-state index < -0.39 is 0 Å². The van der Waals surface area contributed by atoms with Gasteiger partial charge in [0, 0.05) is 31.9 Å². The SMILES string of the molecule is Cc1cc(-c2cccc(-c3ccccc3)c2)ccc1Sc1ccc2c(-c3cccc(-c4ccccc4)c3)c(-c3ccccc3)n3c2c1Bc1ccccc1-3. The summed E-state index contributed by atoms with van der Waals surface area (Å²) in [4.78, 5) is 2.59. The first-order valence-electron chi connectivity index (χ1n) is 18.6. The summed E-state index contributed by atoms with van der Waals surface area (Å²) in [5, 5.41) is 1.29. The molecule has 1 aromatic heterocycles. The zero-order valence-corrected chi connectivity index (χ0v) is 30.9. The van der Waals surface area contributed by atoms with Gasteiger partial charge in [0.05, 0.1) is 5.69 Å². The maximum atomic E-state index is 2.56. The van der Waals surface area contributed by atoms with E-state index in [0.29, 0.717) is 0 Å². The summed E-state index contributed by atoms with van der Waals surface area (Å²) in [6, 6.07) is 70.9. The summed E-state index contributed by atoms with van der Waals surface area (Å²) in [6.45, 7) is 2.25. The number of hydrogen-bond donors (Lipinski definition) is 0. The molecule has 0 N–H and O–H groups in total. The van der Waals surface area contributed by atoms with Gasteiger partial charge in [-0.05, 0) is 92.8 Å². The van der Waals surface area contributed by atoms with Gasteiger partial charge in [-0.1, -0.05) is 181 Å². The standard InChI is InChI=1S/C51H36BNS/c1-34-31-41(40-23-13-21-38(32-40)35-15-5-2-6-16-35)27-29-46(34)54-47-30-28-43-48(42-24-14-22-39(33-42)36-17-7-3-8-18-36)50(37-19-9-4-10-20-37)53-45-26-12-11-25-44(45)52-49(47)51(43)53/h2-33,52H,1H3. The fraction of sp³-hybridized carbons (Fsp3) is 0.0196. The molecular weight excluding hydrogens is 669 g/mol. The van der Waals surface area contributed by atoms with Crippen molar-refractivity contribution in [3.05, 3.63) is 200 Å².